The zero-order valence-electron chi connectivity index (χ0n) is 25.9. The van der Waals surface area contributed by atoms with Crippen molar-refractivity contribution < 1.29 is 48.9 Å². The first-order chi connectivity index (χ1) is 22.7. The molecule has 0 aliphatic carbocycles. The molecule has 0 bridgehead atoms. The lowest BCUT2D eigenvalue weighted by molar-refractivity contribution is -0.143. The van der Waals surface area contributed by atoms with Gasteiger partial charge in [0.15, 0.2) is 0 Å². The maximum absolute atomic E-state index is 13.7. The Morgan fingerprint density at radius 1 is 0.771 bits per heavy atom. The van der Waals surface area contributed by atoms with E-state index in [-0.39, 0.29) is 25.7 Å². The van der Waals surface area contributed by atoms with Gasteiger partial charge in [-0.2, -0.15) is 0 Å². The van der Waals surface area contributed by atoms with Crippen molar-refractivity contribution in [1.29, 1.82) is 0 Å². The zero-order chi connectivity index (χ0) is 35.4. The van der Waals surface area contributed by atoms with Crippen LogP contribution in [0.3, 0.4) is 0 Å². The number of fused-ring (bicyclic) bond motifs is 1. The highest BCUT2D eigenvalue weighted by Crippen LogP contribution is 2.19. The minimum Gasteiger partial charge on any atom is -0.481 e. The van der Waals surface area contributed by atoms with E-state index in [1.54, 1.807) is 30.5 Å². The molecule has 18 heteroatoms. The molecule has 48 heavy (non-hydrogen) atoms. The Morgan fingerprint density at radius 2 is 1.40 bits per heavy atom. The Kier molecular flexibility index (Phi) is 13.2. The highest BCUT2D eigenvalue weighted by atomic mass is 16.4. The number of aromatic amines is 2. The van der Waals surface area contributed by atoms with E-state index in [0.717, 1.165) is 10.9 Å². The number of nitrogens with two attached hydrogens (primary N) is 1. The summed E-state index contributed by atoms with van der Waals surface area (Å²) in [6, 6.07) is 0.390. The second-order valence-corrected chi connectivity index (χ2v) is 11.1. The summed E-state index contributed by atoms with van der Waals surface area (Å²) in [7, 11) is 0. The third-order valence-electron chi connectivity index (χ3n) is 7.36. The van der Waals surface area contributed by atoms with Gasteiger partial charge in [0.1, 0.15) is 24.2 Å². The number of aromatic nitrogens is 3. The van der Waals surface area contributed by atoms with E-state index in [4.69, 9.17) is 10.8 Å². The van der Waals surface area contributed by atoms with E-state index < -0.39 is 84.6 Å². The SMILES string of the molecule is C[C@H](NC(=O)[C@@H](N)CCC(=O)O)C(=O)N[C@@H](Cc1c[nH]c2ccccc12)C(=O)N[C@@H](CCC(=O)O)C(=O)N[C@@H](Cc1cnc[nH]1)C(=O)O. The number of hydrogen-bond acceptors (Lipinski definition) is 9. The molecule has 1 aromatic carbocycles. The molecule has 258 valence electrons. The largest absolute Gasteiger partial charge is 0.481 e. The van der Waals surface area contributed by atoms with E-state index in [9.17, 15) is 43.8 Å². The summed E-state index contributed by atoms with van der Waals surface area (Å²) in [5.74, 6) is -7.27. The van der Waals surface area contributed by atoms with E-state index in [1.807, 2.05) is 0 Å². The molecule has 2 heterocycles. The maximum atomic E-state index is 13.7. The molecule has 0 saturated carbocycles. The molecule has 0 aliphatic heterocycles. The standard InChI is InChI=1S/C30H38N8O10/c1-15(35-27(44)19(31)6-8-24(39)40)26(43)37-22(10-16-12-33-20-5-3-2-4-18(16)20)29(46)36-21(7-9-25(41)42)28(45)38-23(30(47)48)11-17-13-32-14-34-17/h2-5,12-15,19,21-23,33H,6-11,31H2,1H3,(H,32,34)(H,35,44)(H,36,46)(H,37,43)(H,38,45)(H,39,40)(H,41,42)(H,47,48)/t15-,19-,21-,22-,23-/m0/s1. The van der Waals surface area contributed by atoms with Gasteiger partial charge in [-0.25, -0.2) is 9.78 Å². The molecule has 0 saturated heterocycles. The van der Waals surface area contributed by atoms with Crippen LogP contribution in [-0.4, -0.2) is 102 Å². The number of carbonyl (C=O) groups is 7. The minimum atomic E-state index is -1.51. The van der Waals surface area contributed by atoms with Crippen LogP contribution in [-0.2, 0) is 46.4 Å². The average Bonchev–Trinajstić information content (AvgIpc) is 3.70. The predicted octanol–water partition coefficient (Wildman–Crippen LogP) is -1.22. The van der Waals surface area contributed by atoms with Gasteiger partial charge >= 0.3 is 17.9 Å². The van der Waals surface area contributed by atoms with Gasteiger partial charge in [0.05, 0.1) is 12.4 Å². The molecular weight excluding hydrogens is 632 g/mol. The summed E-state index contributed by atoms with van der Waals surface area (Å²) in [6.07, 6.45) is 2.55. The van der Waals surface area contributed by atoms with Gasteiger partial charge in [0, 0.05) is 54.7 Å². The number of nitrogens with zero attached hydrogens (tertiary/aromatic N) is 1. The number of rotatable bonds is 19. The van der Waals surface area contributed by atoms with Crippen molar-refractivity contribution in [3.8, 4) is 0 Å². The average molecular weight is 671 g/mol. The van der Waals surface area contributed by atoms with Crippen molar-refractivity contribution in [1.82, 2.24) is 36.2 Å². The van der Waals surface area contributed by atoms with Gasteiger partial charge in [0.25, 0.3) is 0 Å². The van der Waals surface area contributed by atoms with Crippen LogP contribution in [0.4, 0.5) is 0 Å². The highest BCUT2D eigenvalue weighted by molar-refractivity contribution is 5.96. The fraction of sp³-hybridized carbons (Fsp3) is 0.400. The van der Waals surface area contributed by atoms with Gasteiger partial charge in [-0.15, -0.1) is 0 Å². The van der Waals surface area contributed by atoms with Crippen molar-refractivity contribution >= 4 is 52.4 Å². The third kappa shape index (κ3) is 10.9. The molecule has 0 radical (unpaired) electrons. The number of carboxylic acid groups (broad SMARTS) is 3. The van der Waals surface area contributed by atoms with Crippen LogP contribution in [0.1, 0.15) is 43.9 Å². The summed E-state index contributed by atoms with van der Waals surface area (Å²) in [4.78, 5) is 96.3. The van der Waals surface area contributed by atoms with Crippen molar-refractivity contribution in [2.45, 2.75) is 75.7 Å². The Bertz CT molecular complexity index is 1620. The molecule has 2 aromatic heterocycles. The topological polar surface area (TPSA) is 299 Å². The fourth-order valence-corrected chi connectivity index (χ4v) is 4.72. The number of aliphatic carboxylic acids is 3. The van der Waals surface area contributed by atoms with Crippen LogP contribution in [0.2, 0.25) is 0 Å². The predicted molar refractivity (Wildman–Crippen MR) is 167 cm³/mol. The van der Waals surface area contributed by atoms with Crippen LogP contribution in [0, 0.1) is 0 Å². The maximum Gasteiger partial charge on any atom is 0.326 e. The minimum absolute atomic E-state index is 0.106. The van der Waals surface area contributed by atoms with E-state index in [0.29, 0.717) is 11.3 Å². The quantitative estimate of drug-likeness (QED) is 0.0718. The summed E-state index contributed by atoms with van der Waals surface area (Å²) < 4.78 is 0. The van der Waals surface area contributed by atoms with Crippen LogP contribution in [0.15, 0.2) is 43.0 Å². The second kappa shape index (κ2) is 17.2. The molecule has 0 spiro atoms. The van der Waals surface area contributed by atoms with Crippen LogP contribution in [0.25, 0.3) is 10.9 Å². The fourth-order valence-electron chi connectivity index (χ4n) is 4.72. The number of hydrogen-bond donors (Lipinski definition) is 10. The molecule has 5 atom stereocenters. The summed E-state index contributed by atoms with van der Waals surface area (Å²) >= 11 is 0. The van der Waals surface area contributed by atoms with E-state index in [2.05, 4.69) is 36.2 Å². The molecule has 3 aromatic rings. The molecule has 11 N–H and O–H groups in total. The first-order valence-electron chi connectivity index (χ1n) is 14.9. The second-order valence-electron chi connectivity index (χ2n) is 11.1. The van der Waals surface area contributed by atoms with Crippen LogP contribution in [0.5, 0.6) is 0 Å². The Labute approximate surface area is 273 Å². The molecule has 4 amide bonds. The lowest BCUT2D eigenvalue weighted by Crippen LogP contribution is -2.58. The summed E-state index contributed by atoms with van der Waals surface area (Å²) in [6.45, 7) is 1.33. The number of para-hydroxylation sites is 1. The molecule has 3 rings (SSSR count). The molecule has 0 unspecified atom stereocenters. The lowest BCUT2D eigenvalue weighted by Gasteiger charge is -2.25. The number of nitrogens with one attached hydrogen (secondary N) is 6. The number of benzene rings is 1. The Hall–Kier alpha value is -5.78. The molecular formula is C30H38N8O10. The van der Waals surface area contributed by atoms with Gasteiger partial charge in [-0.05, 0) is 31.4 Å². The van der Waals surface area contributed by atoms with E-state index >= 15 is 0 Å². The van der Waals surface area contributed by atoms with Gasteiger partial charge in [-0.3, -0.25) is 28.8 Å². The normalized spacial score (nSPS) is 14.1. The van der Waals surface area contributed by atoms with Crippen molar-refractivity contribution in [3.05, 3.63) is 54.2 Å². The summed E-state index contributed by atoms with van der Waals surface area (Å²) in [5, 5.41) is 38.2. The first kappa shape index (κ1) is 36.7. The number of carbonyl (C=O) groups excluding carboxylic acids is 4. The molecule has 0 fully saturated rings. The van der Waals surface area contributed by atoms with Gasteiger partial charge in [0.2, 0.25) is 23.6 Å². The van der Waals surface area contributed by atoms with Gasteiger partial charge in [-0.1, -0.05) is 18.2 Å². The van der Waals surface area contributed by atoms with Gasteiger partial charge < -0.3 is 52.3 Å². The van der Waals surface area contributed by atoms with Crippen molar-refractivity contribution in [2.75, 3.05) is 0 Å². The number of H-pyrrole nitrogens is 2. The van der Waals surface area contributed by atoms with Crippen molar-refractivity contribution in [3.63, 3.8) is 0 Å². The lowest BCUT2D eigenvalue weighted by atomic mass is 10.0. The highest BCUT2D eigenvalue weighted by Gasteiger charge is 2.32. The number of carboxylic acids is 3. The Balaban J connectivity index is 1.82. The molecule has 0 aliphatic rings. The first-order valence-corrected chi connectivity index (χ1v) is 14.9. The zero-order valence-corrected chi connectivity index (χ0v) is 25.9. The number of imidazole rings is 1. The Morgan fingerprint density at radius 3 is 2.04 bits per heavy atom. The summed E-state index contributed by atoms with van der Waals surface area (Å²) in [5.41, 5.74) is 7.48. The van der Waals surface area contributed by atoms with Crippen LogP contribution >= 0.6 is 0 Å². The van der Waals surface area contributed by atoms with E-state index in [1.165, 1.54) is 19.4 Å². The number of amides is 4. The monoisotopic (exact) mass is 670 g/mol. The molecule has 18 nitrogen and oxygen atoms in total. The third-order valence-corrected chi connectivity index (χ3v) is 7.36. The van der Waals surface area contributed by atoms with Crippen LogP contribution < -0.4 is 27.0 Å². The smallest absolute Gasteiger partial charge is 0.326 e. The van der Waals surface area contributed by atoms with Crippen molar-refractivity contribution in [2.24, 2.45) is 5.73 Å².